The van der Waals surface area contributed by atoms with Crippen LogP contribution in [0.4, 0.5) is 0 Å². The predicted molar refractivity (Wildman–Crippen MR) is 123 cm³/mol. The van der Waals surface area contributed by atoms with Crippen LogP contribution in [0.15, 0.2) is 54.7 Å². The minimum atomic E-state index is 0.622. The van der Waals surface area contributed by atoms with Gasteiger partial charge in [-0.2, -0.15) is 0 Å². The molecule has 0 unspecified atom stereocenters. The van der Waals surface area contributed by atoms with Crippen molar-refractivity contribution in [2.75, 3.05) is 34.3 Å². The van der Waals surface area contributed by atoms with Gasteiger partial charge in [-0.1, -0.05) is 18.2 Å². The molecule has 1 aromatic carbocycles. The molecule has 0 aliphatic carbocycles. The van der Waals surface area contributed by atoms with Crippen LogP contribution in [0.25, 0.3) is 5.57 Å². The predicted octanol–water partition coefficient (Wildman–Crippen LogP) is 5.27. The summed E-state index contributed by atoms with van der Waals surface area (Å²) in [5.41, 5.74) is 5.58. The minimum Gasteiger partial charge on any atom is -0.495 e. The quantitative estimate of drug-likeness (QED) is 0.654. The number of piperidine rings is 1. The van der Waals surface area contributed by atoms with Crippen LogP contribution in [0.1, 0.15) is 30.9 Å². The summed E-state index contributed by atoms with van der Waals surface area (Å²) >= 11 is 6.34. The molecule has 3 rings (SSSR count). The van der Waals surface area contributed by atoms with Gasteiger partial charge in [-0.3, -0.25) is 0 Å². The highest BCUT2D eigenvalue weighted by Crippen LogP contribution is 2.32. The molecule has 1 aromatic rings. The van der Waals surface area contributed by atoms with E-state index in [1.54, 1.807) is 7.11 Å². The van der Waals surface area contributed by atoms with Crippen LogP contribution >= 0.6 is 11.6 Å². The Labute approximate surface area is 180 Å². The van der Waals surface area contributed by atoms with E-state index in [0.29, 0.717) is 16.8 Å². The second-order valence-electron chi connectivity index (χ2n) is 8.08. The molecule has 0 spiro atoms. The Balaban J connectivity index is 1.71. The SMILES string of the molecule is C=C1C=C(N2CCC(N(C)C)CC2)C=CN1/C=C(\C)c1cc(Cl)c(OC)cc1C. The fourth-order valence-corrected chi connectivity index (χ4v) is 4.26. The molecule has 2 aliphatic rings. The molecule has 0 N–H and O–H groups in total. The Bertz CT molecular complexity index is 861. The van der Waals surface area contributed by atoms with Crippen molar-refractivity contribution in [2.24, 2.45) is 0 Å². The van der Waals surface area contributed by atoms with Gasteiger partial charge in [-0.05, 0) is 81.8 Å². The van der Waals surface area contributed by atoms with Gasteiger partial charge >= 0.3 is 0 Å². The highest BCUT2D eigenvalue weighted by molar-refractivity contribution is 6.32. The minimum absolute atomic E-state index is 0.622. The molecule has 156 valence electrons. The van der Waals surface area contributed by atoms with Crippen LogP contribution in [-0.4, -0.2) is 55.0 Å². The van der Waals surface area contributed by atoms with Crippen LogP contribution < -0.4 is 4.74 Å². The summed E-state index contributed by atoms with van der Waals surface area (Å²) in [7, 11) is 5.98. The van der Waals surface area contributed by atoms with E-state index >= 15 is 0 Å². The van der Waals surface area contributed by atoms with E-state index in [2.05, 4.69) is 73.8 Å². The Hall–Kier alpha value is -2.17. The third kappa shape index (κ3) is 4.88. The number of methoxy groups -OCH3 is 1. The van der Waals surface area contributed by atoms with E-state index in [1.807, 2.05) is 12.1 Å². The zero-order chi connectivity index (χ0) is 21.1. The third-order valence-electron chi connectivity index (χ3n) is 5.87. The molecule has 1 fully saturated rings. The van der Waals surface area contributed by atoms with E-state index in [4.69, 9.17) is 16.3 Å². The fourth-order valence-electron chi connectivity index (χ4n) is 4.02. The van der Waals surface area contributed by atoms with Crippen LogP contribution in [0, 0.1) is 6.92 Å². The molecule has 0 aromatic heterocycles. The van der Waals surface area contributed by atoms with E-state index in [-0.39, 0.29) is 0 Å². The molecular weight excluding hydrogens is 382 g/mol. The van der Waals surface area contributed by atoms with Crippen molar-refractivity contribution >= 4 is 17.2 Å². The summed E-state index contributed by atoms with van der Waals surface area (Å²) in [6.07, 6.45) is 11.0. The van der Waals surface area contributed by atoms with Crippen molar-refractivity contribution in [3.8, 4) is 5.75 Å². The second-order valence-corrected chi connectivity index (χ2v) is 8.49. The topological polar surface area (TPSA) is 19.0 Å². The molecule has 0 bridgehead atoms. The number of ether oxygens (including phenoxy) is 1. The maximum atomic E-state index is 6.34. The van der Waals surface area contributed by atoms with Gasteiger partial charge in [0.2, 0.25) is 0 Å². The number of halogens is 1. The lowest BCUT2D eigenvalue weighted by Crippen LogP contribution is -2.41. The monoisotopic (exact) mass is 413 g/mol. The number of rotatable bonds is 5. The number of aryl methyl sites for hydroxylation is 1. The molecule has 0 saturated carbocycles. The van der Waals surface area contributed by atoms with Crippen molar-refractivity contribution < 1.29 is 4.74 Å². The molecule has 0 atom stereocenters. The maximum Gasteiger partial charge on any atom is 0.137 e. The Morgan fingerprint density at radius 2 is 1.97 bits per heavy atom. The second kappa shape index (κ2) is 9.10. The van der Waals surface area contributed by atoms with E-state index in [9.17, 15) is 0 Å². The normalized spacial score (nSPS) is 18.5. The van der Waals surface area contributed by atoms with Gasteiger partial charge < -0.3 is 19.4 Å². The van der Waals surface area contributed by atoms with Crippen molar-refractivity contribution in [1.29, 1.82) is 0 Å². The molecule has 2 heterocycles. The van der Waals surface area contributed by atoms with Crippen LogP contribution in [-0.2, 0) is 0 Å². The number of hydrogen-bond donors (Lipinski definition) is 0. The first kappa shape index (κ1) is 21.5. The maximum absolute atomic E-state index is 6.34. The molecular formula is C24H32ClN3O. The highest BCUT2D eigenvalue weighted by atomic mass is 35.5. The van der Waals surface area contributed by atoms with Crippen molar-refractivity contribution in [3.05, 3.63) is 70.8 Å². The summed E-state index contributed by atoms with van der Waals surface area (Å²) in [5.74, 6) is 0.702. The number of allylic oxidation sites excluding steroid dienone is 3. The first-order valence-electron chi connectivity index (χ1n) is 10.1. The van der Waals surface area contributed by atoms with Gasteiger partial charge in [0.05, 0.1) is 12.1 Å². The van der Waals surface area contributed by atoms with Crippen LogP contribution in [0.2, 0.25) is 5.02 Å². The molecule has 1 saturated heterocycles. The summed E-state index contributed by atoms with van der Waals surface area (Å²) in [5, 5.41) is 0.622. The average Bonchev–Trinajstić information content (AvgIpc) is 2.70. The standard InChI is InChI=1S/C24H32ClN3O/c1-17-13-24(29-6)23(25)15-22(17)18(2)16-28-12-9-21(14-19(28)3)27-10-7-20(8-11-27)26(4)5/h9,12-16,20H,3,7-8,10-11H2,1-2,4-6H3/b18-16+. The molecule has 2 aliphatic heterocycles. The Morgan fingerprint density at radius 1 is 1.28 bits per heavy atom. The molecule has 0 radical (unpaired) electrons. The van der Waals surface area contributed by atoms with Gasteiger partial charge in [0.15, 0.2) is 0 Å². The fraction of sp³-hybridized carbons (Fsp3) is 0.417. The van der Waals surface area contributed by atoms with Crippen molar-refractivity contribution in [1.82, 2.24) is 14.7 Å². The van der Waals surface area contributed by atoms with Crippen molar-refractivity contribution in [2.45, 2.75) is 32.7 Å². The van der Waals surface area contributed by atoms with Gasteiger partial charge in [-0.15, -0.1) is 0 Å². The first-order chi connectivity index (χ1) is 13.8. The molecule has 5 heteroatoms. The van der Waals surface area contributed by atoms with Gasteiger partial charge in [-0.25, -0.2) is 0 Å². The van der Waals surface area contributed by atoms with Gasteiger partial charge in [0.25, 0.3) is 0 Å². The van der Waals surface area contributed by atoms with Crippen LogP contribution in [0.3, 0.4) is 0 Å². The Morgan fingerprint density at radius 3 is 2.55 bits per heavy atom. The van der Waals surface area contributed by atoms with E-state index < -0.39 is 0 Å². The van der Waals surface area contributed by atoms with E-state index in [1.165, 1.54) is 18.5 Å². The number of likely N-dealkylation sites (tertiary alicyclic amines) is 1. The number of benzene rings is 1. The Kier molecular flexibility index (Phi) is 6.76. The van der Waals surface area contributed by atoms with Crippen molar-refractivity contribution in [3.63, 3.8) is 0 Å². The highest BCUT2D eigenvalue weighted by Gasteiger charge is 2.22. The van der Waals surface area contributed by atoms with Crippen LogP contribution in [0.5, 0.6) is 5.75 Å². The zero-order valence-electron chi connectivity index (χ0n) is 18.2. The summed E-state index contributed by atoms with van der Waals surface area (Å²) in [4.78, 5) is 6.87. The summed E-state index contributed by atoms with van der Waals surface area (Å²) in [6.45, 7) is 10.6. The average molecular weight is 414 g/mol. The lowest BCUT2D eigenvalue weighted by Gasteiger charge is -2.38. The molecule has 29 heavy (non-hydrogen) atoms. The molecule has 4 nitrogen and oxygen atoms in total. The van der Waals surface area contributed by atoms with E-state index in [0.717, 1.165) is 35.5 Å². The lowest BCUT2D eigenvalue weighted by atomic mass is 10.0. The number of hydrogen-bond acceptors (Lipinski definition) is 4. The smallest absolute Gasteiger partial charge is 0.137 e. The first-order valence-corrected chi connectivity index (χ1v) is 10.5. The number of nitrogens with zero attached hydrogens (tertiary/aromatic N) is 3. The summed E-state index contributed by atoms with van der Waals surface area (Å²) < 4.78 is 5.31. The molecule has 0 amide bonds. The summed E-state index contributed by atoms with van der Waals surface area (Å²) in [6, 6.07) is 4.63. The van der Waals surface area contributed by atoms with Gasteiger partial charge in [0.1, 0.15) is 5.75 Å². The lowest BCUT2D eigenvalue weighted by molar-refractivity contribution is 0.173. The largest absolute Gasteiger partial charge is 0.495 e. The zero-order valence-corrected chi connectivity index (χ0v) is 19.0. The third-order valence-corrected chi connectivity index (χ3v) is 6.16. The van der Waals surface area contributed by atoms with Gasteiger partial charge in [0, 0.05) is 42.9 Å².